The lowest BCUT2D eigenvalue weighted by molar-refractivity contribution is -0.125. The van der Waals surface area contributed by atoms with Crippen molar-refractivity contribution in [3.8, 4) is 11.5 Å². The number of anilines is 1. The lowest BCUT2D eigenvalue weighted by Crippen LogP contribution is -2.52. The fourth-order valence-corrected chi connectivity index (χ4v) is 4.62. The number of benzene rings is 1. The molecule has 8 nitrogen and oxygen atoms in total. The molecule has 206 valence electrons. The molecule has 1 saturated heterocycles. The number of ether oxygens (including phenoxy) is 1. The van der Waals surface area contributed by atoms with Crippen LogP contribution in [0.5, 0.6) is 11.5 Å². The Morgan fingerprint density at radius 3 is 2.69 bits per heavy atom. The van der Waals surface area contributed by atoms with Gasteiger partial charge in [-0.2, -0.15) is 0 Å². The van der Waals surface area contributed by atoms with E-state index in [1.54, 1.807) is 24.9 Å². The predicted molar refractivity (Wildman–Crippen MR) is 146 cm³/mol. The fraction of sp³-hybridized carbons (Fsp3) is 0.296. The molecule has 1 amide bonds. The number of nitrogens with one attached hydrogen (secondary N) is 3. The number of likely N-dealkylation sites (tertiary alicyclic amines) is 1. The second kappa shape index (κ2) is 12.0. The van der Waals surface area contributed by atoms with Crippen LogP contribution in [0.15, 0.2) is 65.1 Å². The monoisotopic (exact) mass is 559 g/mol. The molecule has 4 rings (SSSR count). The summed E-state index contributed by atoms with van der Waals surface area (Å²) in [5.74, 6) is -4.64. The Morgan fingerprint density at radius 2 is 2.08 bits per heavy atom. The van der Waals surface area contributed by atoms with Crippen LogP contribution in [0.1, 0.15) is 30.4 Å². The molecule has 0 saturated carbocycles. The van der Waals surface area contributed by atoms with Gasteiger partial charge in [0.05, 0.1) is 18.2 Å². The maximum atomic E-state index is 14.7. The maximum absolute atomic E-state index is 14.7. The molecule has 12 heteroatoms. The molecule has 3 aromatic rings. The number of piperidine rings is 1. The average molecular weight is 560 g/mol. The van der Waals surface area contributed by atoms with Crippen LogP contribution in [-0.2, 0) is 4.79 Å². The quantitative estimate of drug-likeness (QED) is 0.301. The first kappa shape index (κ1) is 28.2. The van der Waals surface area contributed by atoms with E-state index in [1.807, 2.05) is 0 Å². The second-order valence-electron chi connectivity index (χ2n) is 9.13. The molecule has 0 bridgehead atoms. The summed E-state index contributed by atoms with van der Waals surface area (Å²) in [6, 6.07) is 9.39. The Hall–Kier alpha value is -3.77. The molecule has 0 spiro atoms. The van der Waals surface area contributed by atoms with E-state index < -0.39 is 36.0 Å². The molecule has 1 aromatic carbocycles. The number of hydrogen-bond donors (Lipinski definition) is 4. The molecule has 3 N–H and O–H groups in total. The molecule has 0 unspecified atom stereocenters. The first-order valence-electron chi connectivity index (χ1n) is 12.2. The van der Waals surface area contributed by atoms with Crippen LogP contribution in [0.3, 0.4) is 0 Å². The highest BCUT2D eigenvalue weighted by Gasteiger charge is 2.46. The topological polar surface area (TPSA) is 99.4 Å². The molecular formula is C27H28F3N5O3S. The number of halogens is 3. The molecular weight excluding hydrogens is 531 g/mol. The number of aromatic amines is 1. The lowest BCUT2D eigenvalue weighted by Gasteiger charge is -2.40. The Balaban J connectivity index is 1.38. The van der Waals surface area contributed by atoms with Crippen molar-refractivity contribution in [3.05, 3.63) is 87.6 Å². The first-order valence-corrected chi connectivity index (χ1v) is 12.7. The summed E-state index contributed by atoms with van der Waals surface area (Å²) in [6.07, 6.45) is 2.22. The number of thiol groups is 1. The van der Waals surface area contributed by atoms with E-state index in [0.29, 0.717) is 16.8 Å². The predicted octanol–water partition coefficient (Wildman–Crippen LogP) is 4.60. The first-order chi connectivity index (χ1) is 18.6. The van der Waals surface area contributed by atoms with E-state index in [2.05, 4.69) is 33.2 Å². The van der Waals surface area contributed by atoms with Crippen molar-refractivity contribution >= 4 is 30.1 Å². The van der Waals surface area contributed by atoms with Gasteiger partial charge >= 0.3 is 0 Å². The number of H-pyrrole nitrogens is 1. The highest BCUT2D eigenvalue weighted by molar-refractivity contribution is 7.83. The van der Waals surface area contributed by atoms with Gasteiger partial charge in [0.25, 0.3) is 5.92 Å². The highest BCUT2D eigenvalue weighted by atomic mass is 32.1. The van der Waals surface area contributed by atoms with E-state index >= 15 is 0 Å². The number of carbonyl (C=O) groups excluding carboxylic acids is 1. The van der Waals surface area contributed by atoms with E-state index in [0.717, 1.165) is 0 Å². The molecule has 1 aliphatic heterocycles. The molecule has 1 aliphatic rings. The Labute approximate surface area is 228 Å². The minimum Gasteiger partial charge on any atom is -0.453 e. The number of pyridine rings is 2. The van der Waals surface area contributed by atoms with Crippen molar-refractivity contribution in [1.29, 1.82) is 0 Å². The van der Waals surface area contributed by atoms with Crippen molar-refractivity contribution in [2.75, 3.05) is 25.5 Å². The number of aromatic nitrogens is 2. The average Bonchev–Trinajstić information content (AvgIpc) is 2.92. The SMILES string of the molecule is CN/C(=C\S)c1ccc(Oc2ccc(NC(=O)[C@H](C)N3CCC(F)(F)[C@@H](c4ccc(=O)[nH]c4)C3)nc2)c(F)c1. The van der Waals surface area contributed by atoms with Gasteiger partial charge in [-0.1, -0.05) is 6.07 Å². The van der Waals surface area contributed by atoms with Gasteiger partial charge in [-0.15, -0.1) is 12.6 Å². The summed E-state index contributed by atoms with van der Waals surface area (Å²) in [6.45, 7) is 1.61. The third-order valence-corrected chi connectivity index (χ3v) is 6.91. The van der Waals surface area contributed by atoms with Gasteiger partial charge in [-0.3, -0.25) is 14.5 Å². The Bertz CT molecular complexity index is 1390. The lowest BCUT2D eigenvalue weighted by atomic mass is 9.87. The van der Waals surface area contributed by atoms with Crippen LogP contribution in [0, 0.1) is 5.82 Å². The van der Waals surface area contributed by atoms with Crippen LogP contribution in [0.2, 0.25) is 0 Å². The molecule has 39 heavy (non-hydrogen) atoms. The normalized spacial score (nSPS) is 18.3. The fourth-order valence-electron chi connectivity index (χ4n) is 4.34. The minimum atomic E-state index is -2.97. The van der Waals surface area contributed by atoms with Gasteiger partial charge in [0.1, 0.15) is 11.6 Å². The zero-order chi connectivity index (χ0) is 28.2. The zero-order valence-electron chi connectivity index (χ0n) is 21.2. The molecule has 0 aliphatic carbocycles. The highest BCUT2D eigenvalue weighted by Crippen LogP contribution is 2.40. The number of rotatable bonds is 8. The van der Waals surface area contributed by atoms with Crippen molar-refractivity contribution in [2.24, 2.45) is 0 Å². The number of amides is 1. The maximum Gasteiger partial charge on any atom is 0.257 e. The Kier molecular flexibility index (Phi) is 8.66. The van der Waals surface area contributed by atoms with Gasteiger partial charge in [-0.25, -0.2) is 18.2 Å². The summed E-state index contributed by atoms with van der Waals surface area (Å²) in [5, 5.41) is 7.12. The smallest absolute Gasteiger partial charge is 0.257 e. The van der Waals surface area contributed by atoms with Crippen molar-refractivity contribution in [2.45, 2.75) is 31.2 Å². The third kappa shape index (κ3) is 6.63. The van der Waals surface area contributed by atoms with Crippen LogP contribution >= 0.6 is 12.6 Å². The summed E-state index contributed by atoms with van der Waals surface area (Å²) in [4.78, 5) is 32.5. The Morgan fingerprint density at radius 1 is 1.28 bits per heavy atom. The summed E-state index contributed by atoms with van der Waals surface area (Å²) >= 11 is 4.09. The van der Waals surface area contributed by atoms with Gasteiger partial charge in [-0.05, 0) is 48.2 Å². The van der Waals surface area contributed by atoms with E-state index in [1.165, 1.54) is 54.2 Å². The number of carbonyl (C=O) groups is 1. The van der Waals surface area contributed by atoms with Crippen LogP contribution < -0.4 is 20.9 Å². The molecule has 2 atom stereocenters. The summed E-state index contributed by atoms with van der Waals surface area (Å²) in [5.41, 5.74) is 1.18. The number of hydrogen-bond acceptors (Lipinski definition) is 7. The van der Waals surface area contributed by atoms with E-state index in [-0.39, 0.29) is 36.0 Å². The number of alkyl halides is 2. The molecule has 2 aromatic heterocycles. The number of nitrogens with zero attached hydrogens (tertiary/aromatic N) is 2. The van der Waals surface area contributed by atoms with Crippen LogP contribution in [0.25, 0.3) is 5.70 Å². The van der Waals surface area contributed by atoms with E-state index in [9.17, 15) is 22.8 Å². The zero-order valence-corrected chi connectivity index (χ0v) is 22.1. The van der Waals surface area contributed by atoms with Crippen molar-refractivity contribution < 1.29 is 22.7 Å². The largest absolute Gasteiger partial charge is 0.453 e. The molecule has 0 radical (unpaired) electrons. The van der Waals surface area contributed by atoms with Gasteiger partial charge in [0, 0.05) is 50.1 Å². The van der Waals surface area contributed by atoms with Gasteiger partial charge in [0.2, 0.25) is 11.5 Å². The van der Waals surface area contributed by atoms with Crippen LogP contribution in [0.4, 0.5) is 19.0 Å². The summed E-state index contributed by atoms with van der Waals surface area (Å²) in [7, 11) is 1.70. The van der Waals surface area contributed by atoms with Crippen molar-refractivity contribution in [1.82, 2.24) is 20.2 Å². The van der Waals surface area contributed by atoms with Crippen LogP contribution in [-0.4, -0.2) is 52.9 Å². The van der Waals surface area contributed by atoms with Crippen molar-refractivity contribution in [3.63, 3.8) is 0 Å². The van der Waals surface area contributed by atoms with Gasteiger partial charge in [0.15, 0.2) is 11.6 Å². The van der Waals surface area contributed by atoms with E-state index in [4.69, 9.17) is 4.74 Å². The standard InChI is InChI=1S/C27H28F3N5O3S/c1-16(35-10-9-27(29,30)20(14-35)18-4-8-25(36)33-12-18)26(37)34-24-7-5-19(13-32-24)38-23-6-3-17(11-21(23)28)22(15-39)31-2/h3-8,11-13,15-16,20,31,39H,9-10,14H2,1-2H3,(H,33,36)(H,32,34,37)/b22-15-/t16-,20+/m0/s1. The molecule has 3 heterocycles. The van der Waals surface area contributed by atoms with Gasteiger partial charge < -0.3 is 20.4 Å². The summed E-state index contributed by atoms with van der Waals surface area (Å²) < 4.78 is 49.5. The third-order valence-electron chi connectivity index (χ3n) is 6.65. The second-order valence-corrected chi connectivity index (χ2v) is 9.39. The minimum absolute atomic E-state index is 0.000443. The molecule has 1 fully saturated rings.